The van der Waals surface area contributed by atoms with Crippen molar-refractivity contribution in [2.24, 2.45) is 0 Å². The Morgan fingerprint density at radius 2 is 2.00 bits per heavy atom. The predicted octanol–water partition coefficient (Wildman–Crippen LogP) is 3.12. The Hall–Kier alpha value is -1.72. The van der Waals surface area contributed by atoms with Crippen molar-refractivity contribution in [3.8, 4) is 0 Å². The lowest BCUT2D eigenvalue weighted by Gasteiger charge is -2.33. The molecule has 1 amide bonds. The Morgan fingerprint density at radius 3 is 2.83 bits per heavy atom. The molecule has 5 heteroatoms. The van der Waals surface area contributed by atoms with E-state index < -0.39 is 0 Å². The van der Waals surface area contributed by atoms with Crippen molar-refractivity contribution in [3.63, 3.8) is 0 Å². The lowest BCUT2D eigenvalue weighted by atomic mass is 9.98. The van der Waals surface area contributed by atoms with Crippen molar-refractivity contribution in [1.82, 2.24) is 14.8 Å². The van der Waals surface area contributed by atoms with E-state index in [1.807, 2.05) is 11.0 Å². The molecule has 2 aromatic rings. The Balaban J connectivity index is 1.43. The first-order chi connectivity index (χ1) is 11.7. The standard InChI is InChI=1S/C19H20BrN3O/c20-17-9-16(10-21-11-17)19(24)23-8-6-18(13-23)22-7-5-14-3-1-2-4-15(14)12-22/h1-4,9-11,18H,5-8,12-13H2. The summed E-state index contributed by atoms with van der Waals surface area (Å²) in [5.41, 5.74) is 3.57. The lowest BCUT2D eigenvalue weighted by Crippen LogP contribution is -2.41. The number of pyridine rings is 1. The van der Waals surface area contributed by atoms with E-state index in [-0.39, 0.29) is 5.91 Å². The van der Waals surface area contributed by atoms with E-state index in [1.165, 1.54) is 11.1 Å². The van der Waals surface area contributed by atoms with E-state index in [0.29, 0.717) is 11.6 Å². The summed E-state index contributed by atoms with van der Waals surface area (Å²) in [5, 5.41) is 0. The Labute approximate surface area is 150 Å². The number of hydrogen-bond acceptors (Lipinski definition) is 3. The van der Waals surface area contributed by atoms with Gasteiger partial charge in [-0.05, 0) is 46.0 Å². The van der Waals surface area contributed by atoms with Gasteiger partial charge in [0.2, 0.25) is 0 Å². The highest BCUT2D eigenvalue weighted by atomic mass is 79.9. The zero-order valence-corrected chi connectivity index (χ0v) is 15.1. The van der Waals surface area contributed by atoms with Crippen molar-refractivity contribution < 1.29 is 4.79 Å². The van der Waals surface area contributed by atoms with Gasteiger partial charge in [-0.25, -0.2) is 0 Å². The third-order valence-corrected chi connectivity index (χ3v) is 5.51. The van der Waals surface area contributed by atoms with Crippen LogP contribution in [0.1, 0.15) is 27.9 Å². The van der Waals surface area contributed by atoms with Gasteiger partial charge in [-0.1, -0.05) is 24.3 Å². The normalized spacial score (nSPS) is 20.9. The van der Waals surface area contributed by atoms with Gasteiger partial charge in [0.1, 0.15) is 0 Å². The molecular weight excluding hydrogens is 366 g/mol. The number of amides is 1. The molecule has 0 saturated carbocycles. The number of fused-ring (bicyclic) bond motifs is 1. The highest BCUT2D eigenvalue weighted by Gasteiger charge is 2.32. The molecule has 2 aliphatic heterocycles. The zero-order valence-electron chi connectivity index (χ0n) is 13.5. The summed E-state index contributed by atoms with van der Waals surface area (Å²) in [6, 6.07) is 11.0. The summed E-state index contributed by atoms with van der Waals surface area (Å²) in [6.07, 6.45) is 5.51. The van der Waals surface area contributed by atoms with Crippen LogP contribution in [0.3, 0.4) is 0 Å². The van der Waals surface area contributed by atoms with E-state index >= 15 is 0 Å². The van der Waals surface area contributed by atoms with E-state index in [1.54, 1.807) is 12.4 Å². The molecule has 24 heavy (non-hydrogen) atoms. The van der Waals surface area contributed by atoms with Gasteiger partial charge < -0.3 is 4.90 Å². The maximum absolute atomic E-state index is 12.7. The van der Waals surface area contributed by atoms with Crippen LogP contribution in [-0.4, -0.2) is 46.4 Å². The van der Waals surface area contributed by atoms with Crippen LogP contribution in [-0.2, 0) is 13.0 Å². The fourth-order valence-electron chi connectivity index (χ4n) is 3.76. The average Bonchev–Trinajstić information content (AvgIpc) is 3.11. The van der Waals surface area contributed by atoms with Crippen LogP contribution < -0.4 is 0 Å². The molecule has 1 unspecified atom stereocenters. The third-order valence-electron chi connectivity index (χ3n) is 5.08. The number of benzene rings is 1. The molecule has 4 nitrogen and oxygen atoms in total. The number of halogens is 1. The van der Waals surface area contributed by atoms with Crippen LogP contribution in [0.2, 0.25) is 0 Å². The molecule has 0 N–H and O–H groups in total. The number of hydrogen-bond donors (Lipinski definition) is 0. The number of likely N-dealkylation sites (tertiary alicyclic amines) is 1. The monoisotopic (exact) mass is 385 g/mol. The average molecular weight is 386 g/mol. The van der Waals surface area contributed by atoms with Crippen molar-refractivity contribution in [3.05, 3.63) is 63.9 Å². The predicted molar refractivity (Wildman–Crippen MR) is 96.8 cm³/mol. The Kier molecular flexibility index (Phi) is 4.37. The number of carbonyl (C=O) groups excluding carboxylic acids is 1. The summed E-state index contributed by atoms with van der Waals surface area (Å²) in [4.78, 5) is 21.3. The van der Waals surface area contributed by atoms with E-state index in [2.05, 4.69) is 50.1 Å². The van der Waals surface area contributed by atoms with Crippen LogP contribution in [0.4, 0.5) is 0 Å². The number of rotatable bonds is 2. The van der Waals surface area contributed by atoms with Crippen molar-refractivity contribution in [2.45, 2.75) is 25.4 Å². The van der Waals surface area contributed by atoms with E-state index in [0.717, 1.165) is 43.5 Å². The highest BCUT2D eigenvalue weighted by Crippen LogP contribution is 2.25. The molecule has 4 rings (SSSR count). The van der Waals surface area contributed by atoms with Gasteiger partial charge in [0.05, 0.1) is 5.56 Å². The van der Waals surface area contributed by atoms with Gasteiger partial charge in [0.15, 0.2) is 0 Å². The quantitative estimate of drug-likeness (QED) is 0.796. The second-order valence-electron chi connectivity index (χ2n) is 6.57. The molecule has 124 valence electrons. The molecular formula is C19H20BrN3O. The molecule has 2 aliphatic rings. The lowest BCUT2D eigenvalue weighted by molar-refractivity contribution is 0.0773. The van der Waals surface area contributed by atoms with Crippen molar-refractivity contribution in [1.29, 1.82) is 0 Å². The van der Waals surface area contributed by atoms with E-state index in [9.17, 15) is 4.79 Å². The summed E-state index contributed by atoms with van der Waals surface area (Å²) >= 11 is 3.39. The minimum absolute atomic E-state index is 0.0868. The van der Waals surface area contributed by atoms with E-state index in [4.69, 9.17) is 0 Å². The first-order valence-corrected chi connectivity index (χ1v) is 9.20. The zero-order chi connectivity index (χ0) is 16.5. The van der Waals surface area contributed by atoms with Gasteiger partial charge in [-0.2, -0.15) is 0 Å². The smallest absolute Gasteiger partial charge is 0.255 e. The molecule has 1 fully saturated rings. The topological polar surface area (TPSA) is 36.4 Å². The summed E-state index contributed by atoms with van der Waals surface area (Å²) < 4.78 is 0.844. The maximum Gasteiger partial charge on any atom is 0.255 e. The molecule has 3 heterocycles. The summed E-state index contributed by atoms with van der Waals surface area (Å²) in [6.45, 7) is 3.73. The number of aromatic nitrogens is 1. The molecule has 1 aromatic carbocycles. The van der Waals surface area contributed by atoms with Gasteiger partial charge in [0, 0.05) is 49.1 Å². The number of nitrogens with zero attached hydrogens (tertiary/aromatic N) is 3. The molecule has 0 radical (unpaired) electrons. The van der Waals surface area contributed by atoms with Crippen LogP contribution in [0, 0.1) is 0 Å². The SMILES string of the molecule is O=C(c1cncc(Br)c1)N1CCC(N2CCc3ccccc3C2)C1. The Bertz CT molecular complexity index is 764. The first kappa shape index (κ1) is 15.8. The van der Waals surface area contributed by atoms with Crippen LogP contribution in [0.15, 0.2) is 47.2 Å². The molecule has 0 bridgehead atoms. The minimum Gasteiger partial charge on any atom is -0.337 e. The fraction of sp³-hybridized carbons (Fsp3) is 0.368. The van der Waals surface area contributed by atoms with Gasteiger partial charge in [0.25, 0.3) is 5.91 Å². The highest BCUT2D eigenvalue weighted by molar-refractivity contribution is 9.10. The van der Waals surface area contributed by atoms with Gasteiger partial charge >= 0.3 is 0 Å². The van der Waals surface area contributed by atoms with Crippen LogP contribution in [0.25, 0.3) is 0 Å². The van der Waals surface area contributed by atoms with Crippen LogP contribution in [0.5, 0.6) is 0 Å². The van der Waals surface area contributed by atoms with Gasteiger partial charge in [-0.3, -0.25) is 14.7 Å². The molecule has 0 spiro atoms. The fourth-order valence-corrected chi connectivity index (χ4v) is 4.13. The molecule has 1 saturated heterocycles. The maximum atomic E-state index is 12.7. The third kappa shape index (κ3) is 3.10. The second kappa shape index (κ2) is 6.65. The van der Waals surface area contributed by atoms with Crippen molar-refractivity contribution in [2.75, 3.05) is 19.6 Å². The summed E-state index contributed by atoms with van der Waals surface area (Å²) in [7, 11) is 0. The van der Waals surface area contributed by atoms with Crippen molar-refractivity contribution >= 4 is 21.8 Å². The molecule has 1 aromatic heterocycles. The Morgan fingerprint density at radius 1 is 1.17 bits per heavy atom. The largest absolute Gasteiger partial charge is 0.337 e. The van der Waals surface area contributed by atoms with Crippen LogP contribution >= 0.6 is 15.9 Å². The minimum atomic E-state index is 0.0868. The second-order valence-corrected chi connectivity index (χ2v) is 7.49. The van der Waals surface area contributed by atoms with Gasteiger partial charge in [-0.15, -0.1) is 0 Å². The number of carbonyl (C=O) groups is 1. The summed E-state index contributed by atoms with van der Waals surface area (Å²) in [5.74, 6) is 0.0868. The molecule has 0 aliphatic carbocycles. The molecule has 1 atom stereocenters. The first-order valence-electron chi connectivity index (χ1n) is 8.41.